The summed E-state index contributed by atoms with van der Waals surface area (Å²) in [6.45, 7) is 4.41. The second-order valence-electron chi connectivity index (χ2n) is 10.4. The van der Waals surface area contributed by atoms with Crippen LogP contribution in [-0.2, 0) is 5.41 Å². The number of hydrogen-bond acceptors (Lipinski definition) is 2. The number of ether oxygens (including phenoxy) is 1. The van der Waals surface area contributed by atoms with Crippen LogP contribution >= 0.6 is 11.8 Å². The van der Waals surface area contributed by atoms with Gasteiger partial charge < -0.3 is 4.74 Å². The third-order valence-electron chi connectivity index (χ3n) is 8.36. The second-order valence-corrected chi connectivity index (χ2v) is 11.5. The van der Waals surface area contributed by atoms with Crippen LogP contribution < -0.4 is 4.74 Å². The molecule has 178 valence electrons. The van der Waals surface area contributed by atoms with E-state index in [-0.39, 0.29) is 5.41 Å². The summed E-state index contributed by atoms with van der Waals surface area (Å²) in [5, 5.41) is 2.63. The maximum atomic E-state index is 5.91. The first-order valence-corrected chi connectivity index (χ1v) is 13.9. The van der Waals surface area contributed by atoms with Crippen LogP contribution in [0.15, 0.2) is 76.5 Å². The number of fused-ring (bicyclic) bond motifs is 7. The van der Waals surface area contributed by atoms with Crippen molar-refractivity contribution in [3.05, 3.63) is 89.0 Å². The molecule has 0 heterocycles. The van der Waals surface area contributed by atoms with E-state index in [9.17, 15) is 0 Å². The first kappa shape index (κ1) is 22.7. The molecule has 6 rings (SSSR count). The minimum absolute atomic E-state index is 0.167. The van der Waals surface area contributed by atoms with Crippen molar-refractivity contribution in [1.82, 2.24) is 0 Å². The van der Waals surface area contributed by atoms with E-state index in [4.69, 9.17) is 4.74 Å². The van der Waals surface area contributed by atoms with Crippen molar-refractivity contribution >= 4 is 22.5 Å². The van der Waals surface area contributed by atoms with Gasteiger partial charge in [0.1, 0.15) is 5.75 Å². The van der Waals surface area contributed by atoms with Crippen molar-refractivity contribution in [1.29, 1.82) is 0 Å². The minimum atomic E-state index is 0.167. The van der Waals surface area contributed by atoms with Gasteiger partial charge in [-0.15, -0.1) is 0 Å². The number of hydrogen-bond donors (Lipinski definition) is 0. The molecule has 1 nitrogen and oxygen atoms in total. The van der Waals surface area contributed by atoms with Gasteiger partial charge in [-0.3, -0.25) is 0 Å². The zero-order chi connectivity index (χ0) is 24.0. The topological polar surface area (TPSA) is 9.23 Å². The van der Waals surface area contributed by atoms with Crippen LogP contribution in [0.5, 0.6) is 5.75 Å². The van der Waals surface area contributed by atoms with Gasteiger partial charge in [0.2, 0.25) is 0 Å². The van der Waals surface area contributed by atoms with Crippen molar-refractivity contribution in [2.24, 2.45) is 0 Å². The SMILES string of the molecule is COc1cc2ccc3c(c2cc1Sc1c(C)cccc1C)-c1ccccc1C31CCCCCCC1. The molecule has 35 heavy (non-hydrogen) atoms. The van der Waals surface area contributed by atoms with Crippen LogP contribution in [0.25, 0.3) is 21.9 Å². The molecule has 0 radical (unpaired) electrons. The van der Waals surface area contributed by atoms with Crippen LogP contribution in [0.1, 0.15) is 67.2 Å². The molecular weight excluding hydrogens is 444 g/mol. The molecule has 0 unspecified atom stereocenters. The molecule has 1 spiro atoms. The van der Waals surface area contributed by atoms with Gasteiger partial charge in [-0.05, 0) is 83.0 Å². The van der Waals surface area contributed by atoms with Gasteiger partial charge in [-0.2, -0.15) is 0 Å². The lowest BCUT2D eigenvalue weighted by molar-refractivity contribution is 0.373. The standard InChI is InChI=1S/C33H34OS/c1-22-12-11-13-23(2)32(22)35-30-21-26-24(20-29(30)34-3)16-17-28-31(26)25-14-7-8-15-27(25)33(28)18-9-5-4-6-10-19-33/h7-8,11-17,20-21H,4-6,9-10,18-19H2,1-3H3. The van der Waals surface area contributed by atoms with Crippen LogP contribution in [0.2, 0.25) is 0 Å². The van der Waals surface area contributed by atoms with Gasteiger partial charge in [-0.1, -0.05) is 98.5 Å². The lowest BCUT2D eigenvalue weighted by Gasteiger charge is -2.34. The molecule has 0 atom stereocenters. The molecule has 4 aromatic rings. The Morgan fingerprint density at radius 1 is 0.743 bits per heavy atom. The summed E-state index contributed by atoms with van der Waals surface area (Å²) in [6, 6.07) is 25.2. The maximum absolute atomic E-state index is 5.91. The summed E-state index contributed by atoms with van der Waals surface area (Å²) in [7, 11) is 1.79. The molecule has 0 amide bonds. The smallest absolute Gasteiger partial charge is 0.133 e. The molecule has 0 aliphatic heterocycles. The number of rotatable bonds is 3. The summed E-state index contributed by atoms with van der Waals surface area (Å²) < 4.78 is 5.91. The second kappa shape index (κ2) is 9.06. The highest BCUT2D eigenvalue weighted by molar-refractivity contribution is 7.99. The van der Waals surface area contributed by atoms with Crippen LogP contribution in [0.3, 0.4) is 0 Å². The van der Waals surface area contributed by atoms with Crippen molar-refractivity contribution in [3.8, 4) is 16.9 Å². The van der Waals surface area contributed by atoms with Gasteiger partial charge in [-0.25, -0.2) is 0 Å². The molecule has 1 saturated carbocycles. The van der Waals surface area contributed by atoms with E-state index in [1.807, 2.05) is 11.8 Å². The first-order valence-electron chi connectivity index (χ1n) is 13.1. The highest BCUT2D eigenvalue weighted by Crippen LogP contribution is 2.57. The Morgan fingerprint density at radius 3 is 2.20 bits per heavy atom. The van der Waals surface area contributed by atoms with Gasteiger partial charge >= 0.3 is 0 Å². The molecule has 2 aliphatic carbocycles. The summed E-state index contributed by atoms with van der Waals surface area (Å²) in [5.41, 5.74) is 8.82. The molecule has 2 aliphatic rings. The zero-order valence-corrected chi connectivity index (χ0v) is 21.9. The predicted molar refractivity (Wildman–Crippen MR) is 149 cm³/mol. The van der Waals surface area contributed by atoms with E-state index >= 15 is 0 Å². The Kier molecular flexibility index (Phi) is 5.89. The van der Waals surface area contributed by atoms with E-state index in [0.29, 0.717) is 0 Å². The monoisotopic (exact) mass is 478 g/mol. The summed E-state index contributed by atoms with van der Waals surface area (Å²) in [4.78, 5) is 2.52. The Balaban J connectivity index is 1.58. The lowest BCUT2D eigenvalue weighted by atomic mass is 9.69. The maximum Gasteiger partial charge on any atom is 0.133 e. The molecule has 0 bridgehead atoms. The van der Waals surface area contributed by atoms with Gasteiger partial charge in [0.25, 0.3) is 0 Å². The zero-order valence-electron chi connectivity index (χ0n) is 21.1. The van der Waals surface area contributed by atoms with E-state index in [1.165, 1.54) is 87.8 Å². The largest absolute Gasteiger partial charge is 0.496 e. The molecule has 1 fully saturated rings. The normalized spacial score (nSPS) is 16.5. The first-order chi connectivity index (χ1) is 17.1. The van der Waals surface area contributed by atoms with Crippen molar-refractivity contribution in [2.45, 2.75) is 74.0 Å². The summed E-state index contributed by atoms with van der Waals surface area (Å²) in [6.07, 6.45) is 9.29. The van der Waals surface area contributed by atoms with Crippen LogP contribution in [0.4, 0.5) is 0 Å². The summed E-state index contributed by atoms with van der Waals surface area (Å²) >= 11 is 1.84. The fraction of sp³-hybridized carbons (Fsp3) is 0.333. The molecular formula is C33H34OS. The predicted octanol–water partition coefficient (Wildman–Crippen LogP) is 9.63. The highest BCUT2D eigenvalue weighted by Gasteiger charge is 2.43. The van der Waals surface area contributed by atoms with E-state index < -0.39 is 0 Å². The average Bonchev–Trinajstić information content (AvgIpc) is 3.14. The molecule has 0 saturated heterocycles. The minimum Gasteiger partial charge on any atom is -0.496 e. The van der Waals surface area contributed by atoms with Crippen molar-refractivity contribution < 1.29 is 4.74 Å². The van der Waals surface area contributed by atoms with Gasteiger partial charge in [0.15, 0.2) is 0 Å². The van der Waals surface area contributed by atoms with Crippen molar-refractivity contribution in [3.63, 3.8) is 0 Å². The quantitative estimate of drug-likeness (QED) is 0.290. The van der Waals surface area contributed by atoms with Crippen LogP contribution in [0, 0.1) is 13.8 Å². The third-order valence-corrected chi connectivity index (χ3v) is 9.75. The Bertz CT molecular complexity index is 1390. The van der Waals surface area contributed by atoms with Crippen LogP contribution in [-0.4, -0.2) is 7.11 Å². The van der Waals surface area contributed by atoms with Gasteiger partial charge in [0, 0.05) is 10.3 Å². The fourth-order valence-electron chi connectivity index (χ4n) is 6.64. The number of benzene rings is 4. The molecule has 0 aromatic heterocycles. The number of aryl methyl sites for hydroxylation is 2. The van der Waals surface area contributed by atoms with E-state index in [0.717, 1.165) is 5.75 Å². The average molecular weight is 479 g/mol. The molecule has 4 aromatic carbocycles. The Labute approximate surface area is 213 Å². The highest BCUT2D eigenvalue weighted by atomic mass is 32.2. The fourth-order valence-corrected chi connectivity index (χ4v) is 7.74. The summed E-state index contributed by atoms with van der Waals surface area (Å²) in [5.74, 6) is 0.956. The van der Waals surface area contributed by atoms with Crippen molar-refractivity contribution in [2.75, 3.05) is 7.11 Å². The van der Waals surface area contributed by atoms with E-state index in [2.05, 4.69) is 80.6 Å². The Hall–Kier alpha value is -2.71. The Morgan fingerprint density at radius 2 is 1.46 bits per heavy atom. The van der Waals surface area contributed by atoms with Gasteiger partial charge in [0.05, 0.1) is 12.0 Å². The molecule has 0 N–H and O–H groups in total. The lowest BCUT2D eigenvalue weighted by Crippen LogP contribution is -2.26. The van der Waals surface area contributed by atoms with E-state index in [1.54, 1.807) is 18.2 Å². The third kappa shape index (κ3) is 3.69. The molecule has 2 heteroatoms. The number of methoxy groups -OCH3 is 1.